The van der Waals surface area contributed by atoms with Gasteiger partial charge in [0.15, 0.2) is 12.3 Å². The minimum Gasteiger partial charge on any atom is -0.481 e. The van der Waals surface area contributed by atoms with Gasteiger partial charge in [-0.3, -0.25) is 33.3 Å². The summed E-state index contributed by atoms with van der Waals surface area (Å²) in [6, 6.07) is 0. The van der Waals surface area contributed by atoms with Gasteiger partial charge < -0.3 is 33.7 Å². The highest BCUT2D eigenvalue weighted by Gasteiger charge is 2.52. The van der Waals surface area contributed by atoms with Crippen molar-refractivity contribution in [3.63, 3.8) is 0 Å². The number of aryl methyl sites for hydroxylation is 1. The van der Waals surface area contributed by atoms with Crippen LogP contribution in [0.15, 0.2) is 15.8 Å². The Labute approximate surface area is 224 Å². The van der Waals surface area contributed by atoms with Crippen LogP contribution in [0.4, 0.5) is 0 Å². The summed E-state index contributed by atoms with van der Waals surface area (Å²) in [4.78, 5) is 62.4. The molecule has 0 saturated carbocycles. The lowest BCUT2D eigenvalue weighted by Gasteiger charge is -2.28. The van der Waals surface area contributed by atoms with Crippen molar-refractivity contribution in [1.29, 1.82) is 0 Å². The average molecular weight is 578 g/mol. The summed E-state index contributed by atoms with van der Waals surface area (Å²) in [5.41, 5.74) is -1.29. The predicted octanol–water partition coefficient (Wildman–Crippen LogP) is 0.552. The van der Waals surface area contributed by atoms with Gasteiger partial charge in [0.25, 0.3) is 5.56 Å². The molecule has 2 rings (SSSR count). The summed E-state index contributed by atoms with van der Waals surface area (Å²) in [5, 5.41) is 11.3. The summed E-state index contributed by atoms with van der Waals surface area (Å²) in [7, 11) is -2.22. The molecular formula is C23H36N3O12P. The molecule has 5 unspecified atom stereocenters. The molecule has 220 valence electrons. The number of carbonyl (C=O) groups excluding carboxylic acids is 2. The number of amides is 1. The Kier molecular flexibility index (Phi) is 12.1. The van der Waals surface area contributed by atoms with E-state index in [4.69, 9.17) is 28.4 Å². The summed E-state index contributed by atoms with van der Waals surface area (Å²) in [6.45, 7) is 6.13. The molecule has 1 fully saturated rings. The van der Waals surface area contributed by atoms with E-state index in [9.17, 15) is 28.5 Å². The minimum absolute atomic E-state index is 0.107. The van der Waals surface area contributed by atoms with Gasteiger partial charge in [-0.25, -0.2) is 4.79 Å². The van der Waals surface area contributed by atoms with Gasteiger partial charge in [0.05, 0.1) is 32.2 Å². The molecule has 3 N–H and O–H groups in total. The molecule has 1 aromatic rings. The number of nitrogens with one attached hydrogen (secondary N) is 2. The lowest BCUT2D eigenvalue weighted by molar-refractivity contribution is -0.161. The lowest BCUT2D eigenvalue weighted by Crippen LogP contribution is -2.44. The Morgan fingerprint density at radius 3 is 2.38 bits per heavy atom. The number of nitrogens with zero attached hydrogens (tertiary/aromatic N) is 1. The minimum atomic E-state index is -3.60. The van der Waals surface area contributed by atoms with Crippen molar-refractivity contribution in [2.45, 2.75) is 65.1 Å². The number of esters is 1. The largest absolute Gasteiger partial charge is 0.481 e. The maximum Gasteiger partial charge on any atom is 0.331 e. The van der Waals surface area contributed by atoms with Crippen LogP contribution in [0.3, 0.4) is 0 Å². The van der Waals surface area contributed by atoms with Crippen molar-refractivity contribution < 1.29 is 47.3 Å². The number of hydrogen-bond acceptors (Lipinski definition) is 11. The molecule has 2 heterocycles. The fraction of sp³-hybridized carbons (Fsp3) is 0.696. The number of H-pyrrole nitrogens is 1. The first-order valence-corrected chi connectivity index (χ1v) is 14.2. The van der Waals surface area contributed by atoms with E-state index in [0.29, 0.717) is 0 Å². The zero-order valence-electron chi connectivity index (χ0n) is 22.5. The molecule has 0 aromatic carbocycles. The zero-order chi connectivity index (χ0) is 29.3. The monoisotopic (exact) mass is 577 g/mol. The van der Waals surface area contributed by atoms with E-state index in [1.165, 1.54) is 20.2 Å². The number of aromatic nitrogens is 2. The van der Waals surface area contributed by atoms with Crippen LogP contribution in [0.25, 0.3) is 0 Å². The predicted molar refractivity (Wildman–Crippen MR) is 135 cm³/mol. The second-order valence-corrected chi connectivity index (χ2v) is 11.0. The maximum absolute atomic E-state index is 13.3. The van der Waals surface area contributed by atoms with Gasteiger partial charge in [0.2, 0.25) is 5.91 Å². The highest BCUT2D eigenvalue weighted by Crippen LogP contribution is 2.51. The first kappa shape index (κ1) is 32.4. The number of rotatable bonds is 15. The van der Waals surface area contributed by atoms with Crippen LogP contribution in [-0.2, 0) is 42.2 Å². The van der Waals surface area contributed by atoms with Crippen LogP contribution in [-0.4, -0.2) is 83.8 Å². The van der Waals surface area contributed by atoms with E-state index < -0.39 is 86.6 Å². The third-order valence-electron chi connectivity index (χ3n) is 5.87. The molecule has 1 saturated heterocycles. The SMILES string of the molecule is CCOP(=O)(CC(C)C1OC(n2cc(C)c(=O)[nH]c2=O)C(OCC(=O)NC)C1OC(=O)CCC(=O)O)OCC. The molecule has 1 aliphatic heterocycles. The molecule has 1 aliphatic rings. The van der Waals surface area contributed by atoms with Crippen molar-refractivity contribution in [3.05, 3.63) is 32.6 Å². The second kappa shape index (κ2) is 14.5. The molecular weight excluding hydrogens is 541 g/mol. The summed E-state index contributed by atoms with van der Waals surface area (Å²) < 4.78 is 42.6. The Balaban J connectivity index is 2.54. The fourth-order valence-electron chi connectivity index (χ4n) is 4.09. The van der Waals surface area contributed by atoms with E-state index in [1.807, 2.05) is 0 Å². The van der Waals surface area contributed by atoms with Gasteiger partial charge in [0, 0.05) is 18.8 Å². The Morgan fingerprint density at radius 2 is 1.82 bits per heavy atom. The average Bonchev–Trinajstić information content (AvgIpc) is 3.21. The first-order valence-electron chi connectivity index (χ1n) is 12.4. The van der Waals surface area contributed by atoms with Gasteiger partial charge in [-0.1, -0.05) is 6.92 Å². The van der Waals surface area contributed by atoms with E-state index in [1.54, 1.807) is 20.8 Å². The molecule has 0 bridgehead atoms. The quantitative estimate of drug-likeness (QED) is 0.193. The molecule has 0 aliphatic carbocycles. The van der Waals surface area contributed by atoms with Gasteiger partial charge >= 0.3 is 25.2 Å². The molecule has 1 amide bonds. The topological polar surface area (TPSA) is 202 Å². The Hall–Kier alpha value is -2.84. The Bertz CT molecular complexity index is 1170. The van der Waals surface area contributed by atoms with E-state index in [-0.39, 0.29) is 24.9 Å². The lowest BCUT2D eigenvalue weighted by atomic mass is 9.99. The van der Waals surface area contributed by atoms with Crippen LogP contribution >= 0.6 is 7.60 Å². The summed E-state index contributed by atoms with van der Waals surface area (Å²) in [6.07, 6.45) is -4.76. The number of carbonyl (C=O) groups is 3. The van der Waals surface area contributed by atoms with Gasteiger partial charge in [0.1, 0.15) is 18.8 Å². The zero-order valence-corrected chi connectivity index (χ0v) is 23.4. The standard InChI is InChI=1S/C23H36N3O12P/c1-6-35-39(33,36-7-2)12-14(4)18-19(37-17(30)9-8-16(28)29)20(34-11-15(27)24-5)22(38-18)26-10-13(3)21(31)25-23(26)32/h10,14,18-20,22H,6-9,11-12H2,1-5H3,(H,24,27)(H,28,29)(H,25,31,32). The van der Waals surface area contributed by atoms with Crippen LogP contribution in [0.2, 0.25) is 0 Å². The number of carboxylic acid groups (broad SMARTS) is 1. The third-order valence-corrected chi connectivity index (χ3v) is 8.19. The summed E-state index contributed by atoms with van der Waals surface area (Å²) >= 11 is 0. The third kappa shape index (κ3) is 8.83. The van der Waals surface area contributed by atoms with E-state index in [0.717, 1.165) is 4.57 Å². The van der Waals surface area contributed by atoms with Gasteiger partial charge in [-0.05, 0) is 26.7 Å². The molecule has 16 heteroatoms. The van der Waals surface area contributed by atoms with Gasteiger partial charge in [-0.2, -0.15) is 0 Å². The molecule has 5 atom stereocenters. The van der Waals surface area contributed by atoms with E-state index >= 15 is 0 Å². The van der Waals surface area contributed by atoms with Crippen molar-refractivity contribution in [1.82, 2.24) is 14.9 Å². The Morgan fingerprint density at radius 1 is 1.18 bits per heavy atom. The molecule has 0 radical (unpaired) electrons. The number of likely N-dealkylation sites (N-methyl/N-ethyl adjacent to an activating group) is 1. The van der Waals surface area contributed by atoms with Crippen LogP contribution in [0.5, 0.6) is 0 Å². The molecule has 0 spiro atoms. The molecule has 39 heavy (non-hydrogen) atoms. The normalized spacial score (nSPS) is 21.9. The summed E-state index contributed by atoms with van der Waals surface area (Å²) in [5.74, 6) is -3.31. The van der Waals surface area contributed by atoms with Crippen molar-refractivity contribution in [3.8, 4) is 0 Å². The number of aliphatic carboxylic acids is 1. The molecule has 15 nitrogen and oxygen atoms in total. The van der Waals surface area contributed by atoms with Gasteiger partial charge in [-0.15, -0.1) is 0 Å². The number of hydrogen-bond donors (Lipinski definition) is 3. The molecule has 1 aromatic heterocycles. The van der Waals surface area contributed by atoms with E-state index in [2.05, 4.69) is 10.3 Å². The van der Waals surface area contributed by atoms with Crippen molar-refractivity contribution >= 4 is 25.4 Å². The number of carboxylic acids is 1. The fourth-order valence-corrected chi connectivity index (χ4v) is 6.08. The van der Waals surface area contributed by atoms with Crippen LogP contribution < -0.4 is 16.6 Å². The number of ether oxygens (including phenoxy) is 3. The van der Waals surface area contributed by atoms with Crippen molar-refractivity contribution in [2.75, 3.05) is 33.0 Å². The van der Waals surface area contributed by atoms with Crippen molar-refractivity contribution in [2.24, 2.45) is 5.92 Å². The highest BCUT2D eigenvalue weighted by atomic mass is 31.2. The highest BCUT2D eigenvalue weighted by molar-refractivity contribution is 7.53. The van der Waals surface area contributed by atoms with Crippen LogP contribution in [0.1, 0.15) is 45.4 Å². The number of aromatic amines is 1. The van der Waals surface area contributed by atoms with Crippen LogP contribution in [0, 0.1) is 12.8 Å². The second-order valence-electron chi connectivity index (χ2n) is 8.87. The maximum atomic E-state index is 13.3. The smallest absolute Gasteiger partial charge is 0.331 e. The first-order chi connectivity index (χ1) is 18.3.